The van der Waals surface area contributed by atoms with E-state index in [0.717, 1.165) is 19.4 Å². The number of nitrogens with zero attached hydrogens (tertiary/aromatic N) is 1. The highest BCUT2D eigenvalue weighted by atomic mass is 14.6. The quantitative estimate of drug-likeness (QED) is 0.599. The second kappa shape index (κ2) is 5.37. The molecule has 0 amide bonds. The molecule has 0 aliphatic carbocycles. The first-order chi connectivity index (χ1) is 5.93. The van der Waals surface area contributed by atoms with Gasteiger partial charge in [0.1, 0.15) is 0 Å². The average Bonchev–Trinajstić information content (AvgIpc) is 2.14. The minimum Gasteiger partial charge on any atom is -0.0840 e. The fourth-order valence-electron chi connectivity index (χ4n) is 1.12. The SMILES string of the molecule is CC#[N+]CCCc1ccccc1. The number of rotatable bonds is 3. The fraction of sp³-hybridized carbons (Fsp3) is 0.364. The van der Waals surface area contributed by atoms with E-state index in [2.05, 4.69) is 35.2 Å². The molecular weight excluding hydrogens is 146 g/mol. The summed E-state index contributed by atoms with van der Waals surface area (Å²) in [7, 11) is 0. The fourth-order valence-corrected chi connectivity index (χ4v) is 1.12. The molecule has 1 rings (SSSR count). The molecular formula is C11H14N+. The van der Waals surface area contributed by atoms with Crippen LogP contribution in [0.3, 0.4) is 0 Å². The molecule has 1 nitrogen and oxygen atoms in total. The van der Waals surface area contributed by atoms with Crippen LogP contribution < -0.4 is 0 Å². The molecule has 0 fully saturated rings. The molecule has 1 aromatic rings. The van der Waals surface area contributed by atoms with Gasteiger partial charge in [-0.15, -0.1) is 0 Å². The standard InChI is InChI=1S/C11H14N/c1-2-12-10-6-9-11-7-4-3-5-8-11/h3-5,7-8H,6,9-10H2,1H3/q+1. The van der Waals surface area contributed by atoms with E-state index < -0.39 is 0 Å². The zero-order valence-electron chi connectivity index (χ0n) is 7.46. The first-order valence-corrected chi connectivity index (χ1v) is 4.30. The first kappa shape index (κ1) is 8.80. The Morgan fingerprint density at radius 2 is 2.00 bits per heavy atom. The van der Waals surface area contributed by atoms with Crippen LogP contribution in [-0.4, -0.2) is 6.54 Å². The third-order valence-corrected chi connectivity index (χ3v) is 1.74. The van der Waals surface area contributed by atoms with Crippen LogP contribution in [0.25, 0.3) is 4.85 Å². The summed E-state index contributed by atoms with van der Waals surface area (Å²) in [5, 5.41) is 0. The number of hydrogen-bond acceptors (Lipinski definition) is 0. The van der Waals surface area contributed by atoms with Gasteiger partial charge in [-0.3, -0.25) is 0 Å². The minimum absolute atomic E-state index is 0.894. The molecule has 0 aliphatic heterocycles. The predicted molar refractivity (Wildman–Crippen MR) is 52.6 cm³/mol. The van der Waals surface area contributed by atoms with Gasteiger partial charge in [0, 0.05) is 6.42 Å². The lowest BCUT2D eigenvalue weighted by atomic mass is 10.1. The first-order valence-electron chi connectivity index (χ1n) is 4.30. The Balaban J connectivity index is 2.27. The summed E-state index contributed by atoms with van der Waals surface area (Å²) in [6, 6.07) is 13.3. The topological polar surface area (TPSA) is 4.36 Å². The molecule has 0 aromatic heterocycles. The van der Waals surface area contributed by atoms with Gasteiger partial charge in [-0.25, -0.2) is 0 Å². The lowest BCUT2D eigenvalue weighted by Gasteiger charge is -1.93. The highest BCUT2D eigenvalue weighted by Gasteiger charge is 1.94. The van der Waals surface area contributed by atoms with Crippen molar-refractivity contribution >= 4 is 0 Å². The molecule has 12 heavy (non-hydrogen) atoms. The Hall–Kier alpha value is -1.29. The molecule has 0 bridgehead atoms. The molecule has 0 saturated heterocycles. The van der Waals surface area contributed by atoms with Gasteiger partial charge in [0.25, 0.3) is 12.6 Å². The van der Waals surface area contributed by atoms with Crippen LogP contribution >= 0.6 is 0 Å². The molecule has 0 atom stereocenters. The molecule has 0 unspecified atom stereocenters. The van der Waals surface area contributed by atoms with Crippen molar-refractivity contribution in [3.05, 3.63) is 40.7 Å². The van der Waals surface area contributed by atoms with Gasteiger partial charge >= 0.3 is 0 Å². The van der Waals surface area contributed by atoms with Crippen LogP contribution in [0.5, 0.6) is 0 Å². The van der Waals surface area contributed by atoms with Crippen LogP contribution in [-0.2, 0) is 6.42 Å². The van der Waals surface area contributed by atoms with Crippen molar-refractivity contribution < 1.29 is 0 Å². The summed E-state index contributed by atoms with van der Waals surface area (Å²) in [4.78, 5) is 4.04. The molecule has 0 saturated carbocycles. The maximum atomic E-state index is 4.04. The van der Waals surface area contributed by atoms with E-state index in [-0.39, 0.29) is 0 Å². The van der Waals surface area contributed by atoms with Crippen molar-refractivity contribution in [3.63, 3.8) is 0 Å². The Bertz CT molecular complexity index is 266. The van der Waals surface area contributed by atoms with Crippen molar-refractivity contribution in [2.75, 3.05) is 6.54 Å². The molecule has 0 N–H and O–H groups in total. The third-order valence-electron chi connectivity index (χ3n) is 1.74. The van der Waals surface area contributed by atoms with E-state index in [0.29, 0.717) is 0 Å². The second-order valence-corrected chi connectivity index (χ2v) is 2.69. The maximum absolute atomic E-state index is 4.04. The van der Waals surface area contributed by atoms with E-state index in [9.17, 15) is 0 Å². The van der Waals surface area contributed by atoms with Crippen LogP contribution in [0.1, 0.15) is 18.9 Å². The summed E-state index contributed by atoms with van der Waals surface area (Å²) in [6.07, 6.45) is 2.23. The molecule has 0 aliphatic rings. The molecule has 1 heteroatoms. The number of hydrogen-bond donors (Lipinski definition) is 0. The summed E-state index contributed by atoms with van der Waals surface area (Å²) in [5.74, 6) is 0. The van der Waals surface area contributed by atoms with E-state index in [1.165, 1.54) is 5.56 Å². The summed E-state index contributed by atoms with van der Waals surface area (Å²) in [5.41, 5.74) is 1.39. The molecule has 0 heterocycles. The van der Waals surface area contributed by atoms with E-state index in [1.54, 1.807) is 0 Å². The van der Waals surface area contributed by atoms with E-state index in [4.69, 9.17) is 0 Å². The second-order valence-electron chi connectivity index (χ2n) is 2.69. The van der Waals surface area contributed by atoms with Gasteiger partial charge < -0.3 is 0 Å². The van der Waals surface area contributed by atoms with Crippen molar-refractivity contribution in [2.24, 2.45) is 0 Å². The molecule has 1 aromatic carbocycles. The van der Waals surface area contributed by atoms with E-state index in [1.807, 2.05) is 13.0 Å². The van der Waals surface area contributed by atoms with Crippen molar-refractivity contribution in [1.29, 1.82) is 0 Å². The Morgan fingerprint density at radius 3 is 2.67 bits per heavy atom. The molecule has 62 valence electrons. The zero-order chi connectivity index (χ0) is 8.65. The smallest absolute Gasteiger partial charge is 0.0840 e. The third kappa shape index (κ3) is 3.21. The van der Waals surface area contributed by atoms with Crippen molar-refractivity contribution in [2.45, 2.75) is 19.8 Å². The minimum atomic E-state index is 0.894. The normalized spacial score (nSPS) is 8.75. The number of aryl methyl sites for hydroxylation is 1. The maximum Gasteiger partial charge on any atom is 0.269 e. The van der Waals surface area contributed by atoms with Gasteiger partial charge in [0.15, 0.2) is 0 Å². The summed E-state index contributed by atoms with van der Waals surface area (Å²) in [6.45, 7) is 2.73. The monoisotopic (exact) mass is 160 g/mol. The average molecular weight is 160 g/mol. The largest absolute Gasteiger partial charge is 0.269 e. The van der Waals surface area contributed by atoms with Crippen LogP contribution in [0.2, 0.25) is 0 Å². The van der Waals surface area contributed by atoms with Crippen LogP contribution in [0.4, 0.5) is 0 Å². The molecule has 0 radical (unpaired) electrons. The zero-order valence-corrected chi connectivity index (χ0v) is 7.46. The lowest BCUT2D eigenvalue weighted by molar-refractivity contribution is 0.892. The van der Waals surface area contributed by atoms with Crippen LogP contribution in [0.15, 0.2) is 30.3 Å². The van der Waals surface area contributed by atoms with Gasteiger partial charge in [-0.2, -0.15) is 0 Å². The predicted octanol–water partition coefficient (Wildman–Crippen LogP) is 2.97. The van der Waals surface area contributed by atoms with Crippen molar-refractivity contribution in [1.82, 2.24) is 0 Å². The highest BCUT2D eigenvalue weighted by molar-refractivity contribution is 5.14. The summed E-state index contributed by atoms with van der Waals surface area (Å²) >= 11 is 0. The van der Waals surface area contributed by atoms with Gasteiger partial charge in [0.05, 0.1) is 6.92 Å². The number of benzene rings is 1. The Morgan fingerprint density at radius 1 is 1.25 bits per heavy atom. The summed E-state index contributed by atoms with van der Waals surface area (Å²) < 4.78 is 0. The molecule has 0 spiro atoms. The van der Waals surface area contributed by atoms with Crippen molar-refractivity contribution in [3.8, 4) is 6.07 Å². The van der Waals surface area contributed by atoms with Gasteiger partial charge in [-0.1, -0.05) is 35.2 Å². The van der Waals surface area contributed by atoms with Gasteiger partial charge in [-0.05, 0) is 12.0 Å². The lowest BCUT2D eigenvalue weighted by Crippen LogP contribution is -1.85. The Labute approximate surface area is 73.9 Å². The Kier molecular flexibility index (Phi) is 3.94. The van der Waals surface area contributed by atoms with E-state index >= 15 is 0 Å². The highest BCUT2D eigenvalue weighted by Crippen LogP contribution is 2.01. The van der Waals surface area contributed by atoms with Gasteiger partial charge in [0.2, 0.25) is 0 Å². The van der Waals surface area contributed by atoms with Crippen LogP contribution in [0, 0.1) is 6.07 Å².